The zero-order valence-corrected chi connectivity index (χ0v) is 79.4. The van der Waals surface area contributed by atoms with Gasteiger partial charge in [0.2, 0.25) is 17.6 Å². The van der Waals surface area contributed by atoms with E-state index < -0.39 is 29.5 Å². The average Bonchev–Trinajstić information content (AvgIpc) is 1.75. The summed E-state index contributed by atoms with van der Waals surface area (Å²) in [5.74, 6) is -1.93. The third kappa shape index (κ3) is 26.6. The number of methoxy groups -OCH3 is 1. The van der Waals surface area contributed by atoms with Crippen LogP contribution in [0.4, 0.5) is 71.3 Å². The van der Waals surface area contributed by atoms with Crippen LogP contribution in [-0.4, -0.2) is 135 Å². The van der Waals surface area contributed by atoms with Gasteiger partial charge < -0.3 is 60.3 Å². The normalized spacial score (nSPS) is 15.2. The van der Waals surface area contributed by atoms with Gasteiger partial charge >= 0.3 is 6.03 Å². The minimum absolute atomic E-state index is 0.0170. The van der Waals surface area contributed by atoms with Crippen molar-refractivity contribution >= 4 is 153 Å². The number of anilines is 8. The fourth-order valence-electron chi connectivity index (χ4n) is 15.9. The van der Waals surface area contributed by atoms with Crippen LogP contribution in [0.3, 0.4) is 0 Å². The number of benzene rings is 8. The van der Waals surface area contributed by atoms with E-state index in [4.69, 9.17) is 65.1 Å². The van der Waals surface area contributed by atoms with Crippen molar-refractivity contribution in [3.63, 3.8) is 0 Å². The molecule has 3 saturated heterocycles. The first-order valence-electron chi connectivity index (χ1n) is 44.5. The molecule has 6 aromatic heterocycles. The third-order valence-corrected chi connectivity index (χ3v) is 26.9. The summed E-state index contributed by atoms with van der Waals surface area (Å²) in [6.45, 7) is 11.7. The van der Waals surface area contributed by atoms with Crippen LogP contribution in [0, 0.1) is 29.3 Å². The average molecular weight is 1980 g/mol. The number of alkyl halides is 2. The Bertz CT molecular complexity index is 6520. The first-order chi connectivity index (χ1) is 66.2. The molecule has 2 unspecified atom stereocenters. The van der Waals surface area contributed by atoms with Crippen molar-refractivity contribution in [2.24, 2.45) is 18.9 Å². The van der Waals surface area contributed by atoms with Crippen LogP contribution in [0.15, 0.2) is 234 Å². The van der Waals surface area contributed by atoms with Crippen molar-refractivity contribution in [1.82, 2.24) is 50.5 Å². The number of thiazole rings is 2. The molecule has 7 N–H and O–H groups in total. The van der Waals surface area contributed by atoms with Crippen LogP contribution in [0.1, 0.15) is 135 Å². The number of halogens is 9. The molecule has 8 aromatic carbocycles. The number of hydrogen-bond acceptors (Lipinski definition) is 21. The SMILES string of the molecule is C=C(Nc1cccc(Cl)c1Cl)C1CCCN(c2cc(C3CC3)ncn2)C1.CC(F)(F)c1ccccc1NC(=O)Nc1nc2c(s1)C(=O)NCCC2.COC1CCN(c2ccc(NC(=O)CCc3ccc(Cl)c(F)c3)cc2)C1.Cn1nc(-c2ccc(F)cc2)cc1C(=O)Nc1ccccc1Cc1nc(-c2ccco2)no1.O=C(NCC1CCN(c2nc3ccccc3s2)CC1)c1c(F)cccc1Cl. The Morgan fingerprint density at radius 1 is 0.664 bits per heavy atom. The number of carbonyl (C=O) groups excluding carboxylic acids is 5. The standard InChI is InChI=1S/C24H18FN5O3.C20H22Cl2N4.C20H19ClFN3OS.C20H22ClFN2O2.C16H16F2N4O2S/c1-30-20(14-19(28-30)15-8-10-17(25)11-9-15)24(31)26-18-6-3-2-5-16(18)13-22-27-23(29-33-22)21-7-4-12-32-21;1-13(25-17-6-2-5-16(21)20(17)22)15-4-3-9-26(11-15)19-10-18(14-7-8-14)23-12-24-19;21-14-4-3-5-15(22)18(14)19(26)23-12-13-8-10-25(11-9-13)20-24-16-6-1-2-7-17(16)27-20;1-26-17-10-11-24(13-17)16-6-4-15(5-7-16)23-20(25)9-3-14-2-8-18(21)19(22)12-14;1-16(17,18)9-5-2-3-6-10(9)20-14(24)22-15-21-11-7-4-8-19-13(23)12(11)25-15/h2-12,14H,13H2,1H3,(H,26,31);2,5-6,10,12,14-15,25H,1,3-4,7-9,11H2;1-7,13H,8-12H2,(H,23,26);2,4-8,12,17H,3,9-11,13H2,1H3,(H,23,25);2-3,5-6H,4,7-8H2,1H3,(H,19,23)(H2,20,21,22,24). The van der Waals surface area contributed by atoms with Crippen molar-refractivity contribution in [2.45, 2.75) is 102 Å². The highest BCUT2D eigenvalue weighted by Gasteiger charge is 2.33. The van der Waals surface area contributed by atoms with Crippen molar-refractivity contribution in [3.8, 4) is 22.8 Å². The number of furan rings is 1. The Morgan fingerprint density at radius 3 is 2.15 bits per heavy atom. The summed E-state index contributed by atoms with van der Waals surface area (Å²) in [5, 5.41) is 30.6. The second-order valence-electron chi connectivity index (χ2n) is 33.2. The molecular weight excluding hydrogens is 1880 g/mol. The van der Waals surface area contributed by atoms with E-state index in [1.165, 1.54) is 94.8 Å². The van der Waals surface area contributed by atoms with E-state index >= 15 is 0 Å². The van der Waals surface area contributed by atoms with Crippen LogP contribution in [-0.2, 0) is 41.8 Å². The van der Waals surface area contributed by atoms with Crippen LogP contribution in [0.2, 0.25) is 20.1 Å². The molecule has 137 heavy (non-hydrogen) atoms. The van der Waals surface area contributed by atoms with Gasteiger partial charge in [0.25, 0.3) is 23.6 Å². The minimum Gasteiger partial charge on any atom is -0.461 e. The quantitative estimate of drug-likeness (QED) is 0.0276. The van der Waals surface area contributed by atoms with Gasteiger partial charge in [-0.2, -0.15) is 10.1 Å². The van der Waals surface area contributed by atoms with Crippen LogP contribution < -0.4 is 51.9 Å². The smallest absolute Gasteiger partial charge is 0.325 e. The van der Waals surface area contributed by atoms with Gasteiger partial charge in [-0.1, -0.05) is 148 Å². The zero-order chi connectivity index (χ0) is 96.2. The second-order valence-corrected chi connectivity index (χ2v) is 36.8. The summed E-state index contributed by atoms with van der Waals surface area (Å²) in [6, 6.07) is 56.1. The summed E-state index contributed by atoms with van der Waals surface area (Å²) >= 11 is 26.8. The van der Waals surface area contributed by atoms with Gasteiger partial charge in [0.15, 0.2) is 16.0 Å². The number of rotatable bonds is 24. The number of ether oxygens (including phenoxy) is 1. The zero-order valence-electron chi connectivity index (χ0n) is 74.8. The summed E-state index contributed by atoms with van der Waals surface area (Å²) in [4.78, 5) is 91.0. The van der Waals surface area contributed by atoms with Gasteiger partial charge in [-0.3, -0.25) is 29.2 Å². The largest absolute Gasteiger partial charge is 0.461 e. The highest BCUT2D eigenvalue weighted by atomic mass is 35.5. The topological polar surface area (TPSA) is 310 Å². The summed E-state index contributed by atoms with van der Waals surface area (Å²) < 4.78 is 86.4. The molecule has 1 saturated carbocycles. The molecule has 26 nitrogen and oxygen atoms in total. The Morgan fingerprint density at radius 2 is 1.41 bits per heavy atom. The van der Waals surface area contributed by atoms with E-state index in [1.807, 2.05) is 72.8 Å². The van der Waals surface area contributed by atoms with Gasteiger partial charge in [-0.05, 0) is 209 Å². The predicted molar refractivity (Wildman–Crippen MR) is 528 cm³/mol. The van der Waals surface area contributed by atoms with E-state index in [-0.39, 0.29) is 68.1 Å². The van der Waals surface area contributed by atoms with Crippen LogP contribution >= 0.6 is 69.1 Å². The third-order valence-electron chi connectivity index (χ3n) is 23.4. The first kappa shape index (κ1) is 98.4. The molecule has 37 heteroatoms. The molecule has 19 rings (SSSR count). The number of para-hydroxylation sites is 3. The monoisotopic (exact) mass is 1980 g/mol. The van der Waals surface area contributed by atoms with E-state index in [0.717, 1.165) is 152 Å². The fourth-order valence-corrected chi connectivity index (χ4v) is 18.5. The van der Waals surface area contributed by atoms with Gasteiger partial charge in [-0.15, -0.1) is 0 Å². The van der Waals surface area contributed by atoms with Gasteiger partial charge in [0.1, 0.15) is 40.2 Å². The maximum atomic E-state index is 13.8. The minimum atomic E-state index is -3.08. The lowest BCUT2D eigenvalue weighted by Crippen LogP contribution is -2.38. The number of nitrogens with zero attached hydrogens (tertiary/aromatic N) is 11. The second kappa shape index (κ2) is 46.1. The first-order valence-corrected chi connectivity index (χ1v) is 47.6. The maximum Gasteiger partial charge on any atom is 0.325 e. The number of aromatic nitrogens is 8. The number of nitrogens with one attached hydrogen (secondary N) is 7. The molecule has 0 radical (unpaired) electrons. The molecule has 14 aromatic rings. The lowest BCUT2D eigenvalue weighted by Gasteiger charge is -2.35. The number of carbonyl (C=O) groups is 5. The van der Waals surface area contributed by atoms with Crippen LogP contribution in [0.25, 0.3) is 33.1 Å². The van der Waals surface area contributed by atoms with Crippen LogP contribution in [0.5, 0.6) is 0 Å². The molecule has 0 bridgehead atoms. The Kier molecular flexibility index (Phi) is 33.1. The Hall–Kier alpha value is -13.2. The number of piperidine rings is 2. The van der Waals surface area contributed by atoms with E-state index in [0.29, 0.717) is 105 Å². The van der Waals surface area contributed by atoms with E-state index in [2.05, 4.69) is 101 Å². The molecule has 1 aliphatic carbocycles. The highest BCUT2D eigenvalue weighted by molar-refractivity contribution is 7.22. The number of hydrogen-bond donors (Lipinski definition) is 7. The van der Waals surface area contributed by atoms with E-state index in [1.54, 1.807) is 86.4 Å². The molecule has 710 valence electrons. The van der Waals surface area contributed by atoms with Crippen molar-refractivity contribution in [1.29, 1.82) is 0 Å². The molecule has 2 atom stereocenters. The fraction of sp³-hybridized carbons (Fsp3) is 0.280. The molecule has 10 heterocycles. The van der Waals surface area contributed by atoms with Gasteiger partial charge in [0, 0.05) is 137 Å². The Balaban J connectivity index is 0.000000131. The van der Waals surface area contributed by atoms with E-state index in [9.17, 15) is 45.9 Å². The number of fused-ring (bicyclic) bond motifs is 2. The molecule has 4 fully saturated rings. The molecular formula is C100H97Cl4F5N18O8S2. The van der Waals surface area contributed by atoms with Crippen molar-refractivity contribution < 1.29 is 59.6 Å². The predicted octanol–water partition coefficient (Wildman–Crippen LogP) is 22.8. The molecule has 0 spiro atoms. The van der Waals surface area contributed by atoms with Gasteiger partial charge in [0.05, 0.1) is 77.4 Å². The maximum absolute atomic E-state index is 13.8. The number of aryl methyl sites for hydroxylation is 3. The Labute approximate surface area is 815 Å². The summed E-state index contributed by atoms with van der Waals surface area (Å²) in [7, 11) is 3.42. The summed E-state index contributed by atoms with van der Waals surface area (Å²) in [5.41, 5.74) is 9.99. The number of urea groups is 1. The van der Waals surface area contributed by atoms with Gasteiger partial charge in [-0.25, -0.2) is 46.7 Å². The summed E-state index contributed by atoms with van der Waals surface area (Å²) in [6.07, 6.45) is 13.7. The molecule has 4 aliphatic heterocycles. The van der Waals surface area contributed by atoms with Crippen molar-refractivity contribution in [2.75, 3.05) is 101 Å². The van der Waals surface area contributed by atoms with Crippen molar-refractivity contribution in [3.05, 3.63) is 313 Å². The highest BCUT2D eigenvalue weighted by Crippen LogP contribution is 2.42. The molecule has 5 aliphatic rings. The lowest BCUT2D eigenvalue weighted by atomic mass is 9.95. The lowest BCUT2D eigenvalue weighted by molar-refractivity contribution is -0.116. The number of amides is 6. The molecule has 6 amide bonds.